The highest BCUT2D eigenvalue weighted by atomic mass is 28.4. The van der Waals surface area contributed by atoms with Gasteiger partial charge in [-0.1, -0.05) is 99.0 Å². The predicted octanol–water partition coefficient (Wildman–Crippen LogP) is 12.8. The largest absolute Gasteiger partial charge is 0.462 e. The van der Waals surface area contributed by atoms with E-state index in [0.29, 0.717) is 17.8 Å². The molecule has 4 nitrogen and oxygen atoms in total. The Morgan fingerprint density at radius 1 is 0.880 bits per heavy atom. The van der Waals surface area contributed by atoms with Crippen LogP contribution in [0.2, 0.25) is 36.3 Å². The normalized spacial score (nSPS) is 24.6. The summed E-state index contributed by atoms with van der Waals surface area (Å²) in [5, 5.41) is 0. The first-order valence-corrected chi connectivity index (χ1v) is 25.7. The van der Waals surface area contributed by atoms with Crippen LogP contribution in [0.3, 0.4) is 0 Å². The number of hydrogen-bond donors (Lipinski definition) is 0. The van der Waals surface area contributed by atoms with Gasteiger partial charge in [-0.3, -0.25) is 4.79 Å². The molecule has 0 bridgehead atoms. The summed E-state index contributed by atoms with van der Waals surface area (Å²) >= 11 is 0. The maximum atomic E-state index is 13.2. The van der Waals surface area contributed by atoms with E-state index in [-0.39, 0.29) is 41.0 Å². The van der Waals surface area contributed by atoms with E-state index in [2.05, 4.69) is 127 Å². The highest BCUT2D eigenvalue weighted by Crippen LogP contribution is 2.53. The second kappa shape index (κ2) is 18.8. The minimum absolute atomic E-state index is 0.0391. The molecule has 6 heteroatoms. The number of rotatable bonds is 20. The van der Waals surface area contributed by atoms with Crippen molar-refractivity contribution in [3.8, 4) is 11.8 Å². The SMILES string of the molecule is CC#CC(C)(C)C(C)[C@@H](/C=C/[C@H]1C(O[Si](CC)(CC)CC)C[C@@H]2C/C(=C\CC(C)(C)C(C)(C)C(=O)O[C@@H](C)CC)C[C@@H]21)O[Si](CC)(CC)CC. The molecule has 0 aliphatic heterocycles. The first-order chi connectivity index (χ1) is 23.3. The topological polar surface area (TPSA) is 44.8 Å². The summed E-state index contributed by atoms with van der Waals surface area (Å²) in [6.45, 7) is 35.6. The average Bonchev–Trinajstić information content (AvgIpc) is 3.63. The van der Waals surface area contributed by atoms with Gasteiger partial charge in [-0.15, -0.1) is 5.92 Å². The quantitative estimate of drug-likeness (QED) is 0.0542. The second-order valence-electron chi connectivity index (χ2n) is 17.8. The van der Waals surface area contributed by atoms with Gasteiger partial charge in [0.15, 0.2) is 16.6 Å². The van der Waals surface area contributed by atoms with E-state index in [0.717, 1.165) is 50.2 Å². The van der Waals surface area contributed by atoms with E-state index in [1.807, 2.05) is 13.8 Å². The lowest BCUT2D eigenvalue weighted by molar-refractivity contribution is -0.165. The molecule has 288 valence electrons. The van der Waals surface area contributed by atoms with Gasteiger partial charge >= 0.3 is 5.97 Å². The van der Waals surface area contributed by atoms with Crippen molar-refractivity contribution in [2.24, 2.45) is 39.9 Å². The minimum atomic E-state index is -1.86. The highest BCUT2D eigenvalue weighted by Gasteiger charge is 2.50. The van der Waals surface area contributed by atoms with Crippen molar-refractivity contribution in [2.45, 2.75) is 197 Å². The molecule has 0 aromatic carbocycles. The van der Waals surface area contributed by atoms with Gasteiger partial charge < -0.3 is 13.6 Å². The van der Waals surface area contributed by atoms with Crippen molar-refractivity contribution in [3.05, 3.63) is 23.8 Å². The Morgan fingerprint density at radius 2 is 1.44 bits per heavy atom. The van der Waals surface area contributed by atoms with Crippen LogP contribution in [0.5, 0.6) is 0 Å². The molecule has 0 spiro atoms. The molecule has 0 N–H and O–H groups in total. The molecular formula is C44H80O4Si2. The Kier molecular flexibility index (Phi) is 16.9. The number of esters is 1. The smallest absolute Gasteiger partial charge is 0.312 e. The molecule has 2 saturated carbocycles. The van der Waals surface area contributed by atoms with Crippen molar-refractivity contribution < 1.29 is 18.4 Å². The highest BCUT2D eigenvalue weighted by molar-refractivity contribution is 6.74. The van der Waals surface area contributed by atoms with Crippen LogP contribution in [0.25, 0.3) is 0 Å². The molecule has 2 aliphatic rings. The molecule has 0 saturated heterocycles. The van der Waals surface area contributed by atoms with E-state index >= 15 is 0 Å². The van der Waals surface area contributed by atoms with Gasteiger partial charge in [-0.2, -0.15) is 0 Å². The standard InChI is InChI=1S/C44H80O4Si2/c1-17-28-42(11,12)34(10)39(47-49(19-3,20-4)21-5)26-25-37-38-31-35(30-36(38)32-40(37)48-50(22-6,23-7)24-8)27-29-43(13,14)44(15,16)41(45)46-33(9)18-2/h25-27,33-34,36-40H,18-24,29-32H2,1-16H3/b26-25+,35-27+/t33-,34?,36-,37+,38-,39+,40?/m0/s1. The van der Waals surface area contributed by atoms with Gasteiger partial charge in [0.2, 0.25) is 0 Å². The van der Waals surface area contributed by atoms with Crippen LogP contribution in [0.4, 0.5) is 0 Å². The van der Waals surface area contributed by atoms with Gasteiger partial charge in [-0.25, -0.2) is 0 Å². The summed E-state index contributed by atoms with van der Waals surface area (Å²) in [5.41, 5.74) is 0.629. The molecular weight excluding hydrogens is 649 g/mol. The lowest BCUT2D eigenvalue weighted by Crippen LogP contribution is -2.44. The molecule has 50 heavy (non-hydrogen) atoms. The molecule has 0 amide bonds. The van der Waals surface area contributed by atoms with Crippen LogP contribution in [-0.2, 0) is 18.4 Å². The first-order valence-electron chi connectivity index (χ1n) is 20.7. The van der Waals surface area contributed by atoms with Gasteiger partial charge in [0.25, 0.3) is 0 Å². The maximum absolute atomic E-state index is 13.2. The maximum Gasteiger partial charge on any atom is 0.312 e. The third-order valence-electron chi connectivity index (χ3n) is 14.3. The molecule has 2 rings (SSSR count). The Labute approximate surface area is 313 Å². The Hall–Kier alpha value is -1.14. The molecule has 2 aliphatic carbocycles. The number of carbonyl (C=O) groups excluding carboxylic acids is 1. The van der Waals surface area contributed by atoms with Crippen LogP contribution < -0.4 is 0 Å². The van der Waals surface area contributed by atoms with Crippen LogP contribution in [0, 0.1) is 51.8 Å². The summed E-state index contributed by atoms with van der Waals surface area (Å²) in [6.07, 6.45) is 12.9. The van der Waals surface area contributed by atoms with E-state index in [1.165, 1.54) is 18.1 Å². The summed E-state index contributed by atoms with van der Waals surface area (Å²) in [4.78, 5) is 13.2. The van der Waals surface area contributed by atoms with Crippen molar-refractivity contribution in [2.75, 3.05) is 0 Å². The average molecular weight is 729 g/mol. The zero-order valence-electron chi connectivity index (χ0n) is 35.7. The number of hydrogen-bond acceptors (Lipinski definition) is 4. The van der Waals surface area contributed by atoms with Gasteiger partial charge in [0, 0.05) is 17.3 Å². The van der Waals surface area contributed by atoms with Gasteiger partial charge in [0.1, 0.15) is 0 Å². The van der Waals surface area contributed by atoms with Crippen LogP contribution in [0.1, 0.15) is 143 Å². The molecule has 2 unspecified atom stereocenters. The molecule has 2 fully saturated rings. The number of ether oxygens (including phenoxy) is 1. The summed E-state index contributed by atoms with van der Waals surface area (Å²) in [7, 11) is -3.65. The third kappa shape index (κ3) is 10.5. The monoisotopic (exact) mass is 729 g/mol. The van der Waals surface area contributed by atoms with Crippen molar-refractivity contribution >= 4 is 22.6 Å². The Morgan fingerprint density at radius 3 is 1.94 bits per heavy atom. The van der Waals surface area contributed by atoms with E-state index in [4.69, 9.17) is 13.6 Å². The van der Waals surface area contributed by atoms with Crippen molar-refractivity contribution in [1.82, 2.24) is 0 Å². The fourth-order valence-corrected chi connectivity index (χ4v) is 14.1. The zero-order chi connectivity index (χ0) is 38.1. The Bertz CT molecular complexity index is 1180. The summed E-state index contributed by atoms with van der Waals surface area (Å²) in [5.74, 6) is 8.53. The lowest BCUT2D eigenvalue weighted by atomic mass is 9.66. The van der Waals surface area contributed by atoms with E-state index in [9.17, 15) is 4.79 Å². The molecule has 7 atom stereocenters. The third-order valence-corrected chi connectivity index (χ3v) is 23.6. The fraction of sp³-hybridized carbons (Fsp3) is 0.841. The zero-order valence-corrected chi connectivity index (χ0v) is 37.7. The van der Waals surface area contributed by atoms with Crippen molar-refractivity contribution in [1.29, 1.82) is 0 Å². The molecule has 0 radical (unpaired) electrons. The number of allylic oxidation sites excluding steroid dienone is 2. The van der Waals surface area contributed by atoms with E-state index < -0.39 is 22.0 Å². The first kappa shape index (κ1) is 45.0. The molecule has 0 aromatic rings. The minimum Gasteiger partial charge on any atom is -0.462 e. The molecule has 0 heterocycles. The second-order valence-corrected chi connectivity index (χ2v) is 27.3. The fourth-order valence-electron chi connectivity index (χ4n) is 8.39. The van der Waals surface area contributed by atoms with Crippen LogP contribution >= 0.6 is 0 Å². The van der Waals surface area contributed by atoms with Gasteiger partial charge in [-0.05, 0) is 127 Å². The van der Waals surface area contributed by atoms with Gasteiger partial charge in [0.05, 0.1) is 23.7 Å². The predicted molar refractivity (Wildman–Crippen MR) is 220 cm³/mol. The Balaban J connectivity index is 2.49. The van der Waals surface area contributed by atoms with Crippen LogP contribution in [0.15, 0.2) is 23.8 Å². The molecule has 0 aromatic heterocycles. The number of fused-ring (bicyclic) bond motifs is 1. The van der Waals surface area contributed by atoms with Crippen molar-refractivity contribution in [3.63, 3.8) is 0 Å². The van der Waals surface area contributed by atoms with E-state index in [1.54, 1.807) is 5.57 Å². The lowest BCUT2D eigenvalue weighted by Gasteiger charge is -2.39. The van der Waals surface area contributed by atoms with Crippen LogP contribution in [-0.4, -0.2) is 40.9 Å². The summed E-state index contributed by atoms with van der Waals surface area (Å²) < 4.78 is 20.5. The number of carbonyl (C=O) groups is 1. The summed E-state index contributed by atoms with van der Waals surface area (Å²) in [6, 6.07) is 6.98.